The van der Waals surface area contributed by atoms with Gasteiger partial charge in [0, 0.05) is 31.2 Å². The summed E-state index contributed by atoms with van der Waals surface area (Å²) in [5, 5.41) is 5.50. The molecule has 158 valence electrons. The number of hydrogen-bond acceptors (Lipinski definition) is 5. The summed E-state index contributed by atoms with van der Waals surface area (Å²) < 4.78 is 11.7. The lowest BCUT2D eigenvalue weighted by atomic mass is 10.0. The van der Waals surface area contributed by atoms with Crippen LogP contribution in [0.5, 0.6) is 11.5 Å². The molecule has 0 spiro atoms. The molecule has 4 rings (SSSR count). The fourth-order valence-corrected chi connectivity index (χ4v) is 4.69. The number of hydrogen-bond donors (Lipinski definition) is 2. The molecule has 2 amide bonds. The molecule has 3 fully saturated rings. The Kier molecular flexibility index (Phi) is 6.23. The van der Waals surface area contributed by atoms with E-state index < -0.39 is 6.04 Å². The molecule has 3 aliphatic rings. The molecule has 2 heterocycles. The van der Waals surface area contributed by atoms with Crippen LogP contribution in [0.3, 0.4) is 0 Å². The number of rotatable bonds is 6. The zero-order chi connectivity index (χ0) is 20.2. The molecule has 2 saturated heterocycles. The molecule has 2 N–H and O–H groups in total. The van der Waals surface area contributed by atoms with Crippen molar-refractivity contribution in [3.8, 4) is 11.5 Å². The molecule has 7 heteroatoms. The Bertz CT molecular complexity index is 740. The van der Waals surface area contributed by atoms with E-state index in [1.54, 1.807) is 25.3 Å². The maximum Gasteiger partial charge on any atom is 0.252 e. The highest BCUT2D eigenvalue weighted by Crippen LogP contribution is 2.32. The second-order valence-corrected chi connectivity index (χ2v) is 8.26. The molecule has 2 aliphatic heterocycles. The van der Waals surface area contributed by atoms with Crippen molar-refractivity contribution < 1.29 is 19.1 Å². The van der Waals surface area contributed by atoms with Crippen LogP contribution in [-0.4, -0.2) is 61.6 Å². The first-order valence-electron chi connectivity index (χ1n) is 10.8. The van der Waals surface area contributed by atoms with Gasteiger partial charge in [0.15, 0.2) is 11.5 Å². The Labute approximate surface area is 172 Å². The van der Waals surface area contributed by atoms with E-state index in [1.807, 2.05) is 0 Å². The molecule has 0 bridgehead atoms. The molecule has 1 atom stereocenters. The number of likely N-dealkylation sites (tertiary alicyclic amines) is 1. The molecule has 1 saturated carbocycles. The van der Waals surface area contributed by atoms with E-state index in [9.17, 15) is 9.59 Å². The predicted octanol–water partition coefficient (Wildman–Crippen LogP) is 2.10. The summed E-state index contributed by atoms with van der Waals surface area (Å²) in [6, 6.07) is 5.52. The number of carbonyl (C=O) groups is 2. The summed E-state index contributed by atoms with van der Waals surface area (Å²) in [5.74, 6) is 0.810. The third-order valence-electron chi connectivity index (χ3n) is 6.39. The Balaban J connectivity index is 1.34. The highest BCUT2D eigenvalue weighted by atomic mass is 16.5. The van der Waals surface area contributed by atoms with Crippen LogP contribution in [0.15, 0.2) is 18.2 Å². The third kappa shape index (κ3) is 4.66. The minimum Gasteiger partial charge on any atom is -0.493 e. The standard InChI is InChI=1S/C22H31N3O4/c1-28-20-14-15(21(26)24-18-8-11-23-22(18)27)6-7-19(20)29-17-9-12-25(13-10-17)16-4-2-3-5-16/h6-7,14,16-18H,2-5,8-13H2,1H3,(H,23,27)(H,24,26)/t18-/m1/s1. The van der Waals surface area contributed by atoms with Gasteiger partial charge in [-0.3, -0.25) is 9.59 Å². The highest BCUT2D eigenvalue weighted by molar-refractivity contribution is 5.98. The lowest BCUT2D eigenvalue weighted by Gasteiger charge is -2.36. The van der Waals surface area contributed by atoms with E-state index in [0.29, 0.717) is 30.0 Å². The summed E-state index contributed by atoms with van der Waals surface area (Å²) in [7, 11) is 1.58. The van der Waals surface area contributed by atoms with Crippen LogP contribution in [0.2, 0.25) is 0 Å². The number of nitrogens with one attached hydrogen (secondary N) is 2. The molecule has 0 unspecified atom stereocenters. The number of carbonyl (C=O) groups excluding carboxylic acids is 2. The van der Waals surface area contributed by atoms with Crippen molar-refractivity contribution in [2.45, 2.75) is 63.1 Å². The van der Waals surface area contributed by atoms with Crippen LogP contribution < -0.4 is 20.1 Å². The van der Waals surface area contributed by atoms with Gasteiger partial charge in [0.05, 0.1) is 7.11 Å². The second kappa shape index (κ2) is 9.03. The van der Waals surface area contributed by atoms with Crippen LogP contribution in [0.25, 0.3) is 0 Å². The van der Waals surface area contributed by atoms with E-state index in [0.717, 1.165) is 32.0 Å². The third-order valence-corrected chi connectivity index (χ3v) is 6.39. The Morgan fingerprint density at radius 1 is 1.10 bits per heavy atom. The van der Waals surface area contributed by atoms with Gasteiger partial charge < -0.3 is 25.0 Å². The van der Waals surface area contributed by atoms with Gasteiger partial charge in [-0.2, -0.15) is 0 Å². The van der Waals surface area contributed by atoms with Crippen LogP contribution in [0.1, 0.15) is 55.3 Å². The van der Waals surface area contributed by atoms with E-state index in [4.69, 9.17) is 9.47 Å². The average Bonchev–Trinajstić information content (AvgIpc) is 3.41. The van der Waals surface area contributed by atoms with Crippen LogP contribution in [-0.2, 0) is 4.79 Å². The van der Waals surface area contributed by atoms with Crippen molar-refractivity contribution >= 4 is 11.8 Å². The summed E-state index contributed by atoms with van der Waals surface area (Å²) in [5.41, 5.74) is 0.463. The number of benzene rings is 1. The Morgan fingerprint density at radius 2 is 1.86 bits per heavy atom. The molecular formula is C22H31N3O4. The van der Waals surface area contributed by atoms with E-state index in [2.05, 4.69) is 15.5 Å². The summed E-state index contributed by atoms with van der Waals surface area (Å²) in [6.45, 7) is 2.77. The monoisotopic (exact) mass is 401 g/mol. The van der Waals surface area contributed by atoms with E-state index >= 15 is 0 Å². The molecule has 0 radical (unpaired) electrons. The number of piperidine rings is 1. The van der Waals surface area contributed by atoms with Gasteiger partial charge in [-0.15, -0.1) is 0 Å². The van der Waals surface area contributed by atoms with Crippen LogP contribution >= 0.6 is 0 Å². The lowest BCUT2D eigenvalue weighted by molar-refractivity contribution is -0.120. The van der Waals surface area contributed by atoms with Gasteiger partial charge in [-0.1, -0.05) is 12.8 Å². The first-order valence-corrected chi connectivity index (χ1v) is 10.8. The first-order chi connectivity index (χ1) is 14.1. The average molecular weight is 402 g/mol. The van der Waals surface area contributed by atoms with Crippen molar-refractivity contribution in [1.29, 1.82) is 0 Å². The fraction of sp³-hybridized carbons (Fsp3) is 0.636. The Morgan fingerprint density at radius 3 is 2.52 bits per heavy atom. The summed E-state index contributed by atoms with van der Waals surface area (Å²) in [6.07, 6.45) is 8.22. The predicted molar refractivity (Wildman–Crippen MR) is 109 cm³/mol. The molecular weight excluding hydrogens is 370 g/mol. The Hall–Kier alpha value is -2.28. The van der Waals surface area contributed by atoms with Gasteiger partial charge in [0.1, 0.15) is 12.1 Å². The number of ether oxygens (including phenoxy) is 2. The summed E-state index contributed by atoms with van der Waals surface area (Å²) in [4.78, 5) is 26.8. The quantitative estimate of drug-likeness (QED) is 0.763. The minimum atomic E-state index is -0.463. The topological polar surface area (TPSA) is 79.9 Å². The molecule has 1 aromatic rings. The lowest BCUT2D eigenvalue weighted by Crippen LogP contribution is -2.43. The number of methoxy groups -OCH3 is 1. The van der Waals surface area contributed by atoms with Gasteiger partial charge >= 0.3 is 0 Å². The largest absolute Gasteiger partial charge is 0.493 e. The smallest absolute Gasteiger partial charge is 0.252 e. The molecule has 7 nitrogen and oxygen atoms in total. The molecule has 1 aliphatic carbocycles. The second-order valence-electron chi connectivity index (χ2n) is 8.26. The van der Waals surface area contributed by atoms with Crippen molar-refractivity contribution in [1.82, 2.24) is 15.5 Å². The van der Waals surface area contributed by atoms with E-state index in [1.165, 1.54) is 25.7 Å². The SMILES string of the molecule is COc1cc(C(=O)N[C@@H]2CCNC2=O)ccc1OC1CCN(C2CCCC2)CC1. The van der Waals surface area contributed by atoms with Gasteiger partial charge in [-0.25, -0.2) is 0 Å². The zero-order valence-corrected chi connectivity index (χ0v) is 17.1. The normalized spacial score (nSPS) is 23.8. The number of amides is 2. The van der Waals surface area contributed by atoms with Crippen molar-refractivity contribution in [2.75, 3.05) is 26.7 Å². The van der Waals surface area contributed by atoms with Crippen molar-refractivity contribution in [2.24, 2.45) is 0 Å². The van der Waals surface area contributed by atoms with Gasteiger partial charge in [0.2, 0.25) is 5.91 Å². The number of nitrogens with zero attached hydrogens (tertiary/aromatic N) is 1. The summed E-state index contributed by atoms with van der Waals surface area (Å²) >= 11 is 0. The first kappa shape index (κ1) is 20.0. The van der Waals surface area contributed by atoms with E-state index in [-0.39, 0.29) is 17.9 Å². The zero-order valence-electron chi connectivity index (χ0n) is 17.1. The maximum atomic E-state index is 12.5. The highest BCUT2D eigenvalue weighted by Gasteiger charge is 2.29. The molecule has 0 aromatic heterocycles. The van der Waals surface area contributed by atoms with Gasteiger partial charge in [-0.05, 0) is 50.3 Å². The van der Waals surface area contributed by atoms with Gasteiger partial charge in [0.25, 0.3) is 5.91 Å². The van der Waals surface area contributed by atoms with Crippen molar-refractivity contribution in [3.05, 3.63) is 23.8 Å². The molecule has 1 aromatic carbocycles. The minimum absolute atomic E-state index is 0.130. The fourth-order valence-electron chi connectivity index (χ4n) is 4.69. The maximum absolute atomic E-state index is 12.5. The molecule has 29 heavy (non-hydrogen) atoms. The van der Waals surface area contributed by atoms with Crippen molar-refractivity contribution in [3.63, 3.8) is 0 Å². The van der Waals surface area contributed by atoms with Crippen LogP contribution in [0.4, 0.5) is 0 Å². The van der Waals surface area contributed by atoms with Crippen LogP contribution in [0, 0.1) is 0 Å².